The molecule has 0 bridgehead atoms. The van der Waals surface area contributed by atoms with E-state index in [1.165, 1.54) is 0 Å². The van der Waals surface area contributed by atoms with Crippen LogP contribution in [0.1, 0.15) is 6.42 Å². The second-order valence-electron chi connectivity index (χ2n) is 3.46. The second kappa shape index (κ2) is 5.50. The number of hydrogen-bond donors (Lipinski definition) is 0. The standard InChI is InChI=1S/C8H13Si.ClH.Zr/c1-9(2,3)8-6-4-5-7-8;;/h6-7H,4H2,1-3H3;1H;/q-1;;. The quantitative estimate of drug-likeness (QED) is 0.505. The molecular weight excluding hydrogens is 251 g/mol. The van der Waals surface area contributed by atoms with E-state index in [2.05, 4.69) is 37.9 Å². The van der Waals surface area contributed by atoms with E-state index in [4.69, 9.17) is 0 Å². The summed E-state index contributed by atoms with van der Waals surface area (Å²) in [5.41, 5.74) is 0. The summed E-state index contributed by atoms with van der Waals surface area (Å²) in [6.07, 6.45) is 8.69. The van der Waals surface area contributed by atoms with Crippen LogP contribution in [-0.2, 0) is 26.2 Å². The SMILES string of the molecule is C[Si](C)(C)C1=CC[C-]=C1.Cl.[Zr]. The zero-order chi connectivity index (χ0) is 6.91. The van der Waals surface area contributed by atoms with Crippen LogP contribution < -0.4 is 0 Å². The van der Waals surface area contributed by atoms with Gasteiger partial charge in [-0.25, -0.2) is 11.3 Å². The van der Waals surface area contributed by atoms with Crippen LogP contribution in [0.3, 0.4) is 0 Å². The fourth-order valence-electron chi connectivity index (χ4n) is 0.919. The monoisotopic (exact) mass is 263 g/mol. The van der Waals surface area contributed by atoms with Crippen LogP contribution in [0.15, 0.2) is 17.3 Å². The molecule has 0 spiro atoms. The van der Waals surface area contributed by atoms with Crippen LogP contribution in [0.25, 0.3) is 0 Å². The third-order valence-corrected chi connectivity index (χ3v) is 3.64. The van der Waals surface area contributed by atoms with Crippen molar-refractivity contribution in [1.82, 2.24) is 0 Å². The van der Waals surface area contributed by atoms with Gasteiger partial charge >= 0.3 is 0 Å². The van der Waals surface area contributed by atoms with E-state index in [1.807, 2.05) is 0 Å². The summed E-state index contributed by atoms with van der Waals surface area (Å²) >= 11 is 0. The Bertz CT molecular complexity index is 167. The van der Waals surface area contributed by atoms with Gasteiger partial charge in [0.2, 0.25) is 0 Å². The van der Waals surface area contributed by atoms with Crippen LogP contribution in [0.4, 0.5) is 0 Å². The molecule has 0 amide bonds. The Morgan fingerprint density at radius 1 is 1.36 bits per heavy atom. The third-order valence-electron chi connectivity index (χ3n) is 1.56. The van der Waals surface area contributed by atoms with Crippen molar-refractivity contribution in [2.75, 3.05) is 0 Å². The fourth-order valence-corrected chi connectivity index (χ4v) is 2.17. The van der Waals surface area contributed by atoms with Gasteiger partial charge in [0.25, 0.3) is 0 Å². The molecule has 0 saturated carbocycles. The van der Waals surface area contributed by atoms with Gasteiger partial charge in [0.1, 0.15) is 0 Å². The zero-order valence-corrected chi connectivity index (χ0v) is 11.5. The first kappa shape index (κ1) is 14.4. The van der Waals surface area contributed by atoms with Gasteiger partial charge < -0.3 is 0 Å². The molecule has 3 heteroatoms. The van der Waals surface area contributed by atoms with Crippen LogP contribution in [-0.4, -0.2) is 8.07 Å². The van der Waals surface area contributed by atoms with Gasteiger partial charge in [-0.05, 0) is 8.07 Å². The zero-order valence-electron chi connectivity index (χ0n) is 7.27. The fraction of sp³-hybridized carbons (Fsp3) is 0.500. The Morgan fingerprint density at radius 3 is 2.09 bits per heavy atom. The Morgan fingerprint density at radius 2 is 1.91 bits per heavy atom. The second-order valence-corrected chi connectivity index (χ2v) is 8.54. The Balaban J connectivity index is 0. The minimum atomic E-state index is -0.981. The molecule has 1 aliphatic carbocycles. The van der Waals surface area contributed by atoms with Crippen molar-refractivity contribution in [2.24, 2.45) is 0 Å². The predicted octanol–water partition coefficient (Wildman–Crippen LogP) is 2.97. The van der Waals surface area contributed by atoms with Crippen LogP contribution in [0.2, 0.25) is 19.6 Å². The van der Waals surface area contributed by atoms with Crippen LogP contribution >= 0.6 is 12.4 Å². The minimum Gasteiger partial charge on any atom is -0.273 e. The van der Waals surface area contributed by atoms with E-state index in [0.717, 1.165) is 6.42 Å². The van der Waals surface area contributed by atoms with E-state index >= 15 is 0 Å². The molecule has 0 aromatic rings. The summed E-state index contributed by atoms with van der Waals surface area (Å²) in [5.74, 6) is 0. The molecule has 0 saturated heterocycles. The van der Waals surface area contributed by atoms with Gasteiger partial charge in [0.15, 0.2) is 0 Å². The molecule has 1 aliphatic rings. The van der Waals surface area contributed by atoms with E-state index in [-0.39, 0.29) is 38.6 Å². The molecule has 0 nitrogen and oxygen atoms in total. The summed E-state index contributed by atoms with van der Waals surface area (Å²) < 4.78 is 0. The van der Waals surface area contributed by atoms with Gasteiger partial charge in [0.05, 0.1) is 0 Å². The predicted molar refractivity (Wildman–Crippen MR) is 51.1 cm³/mol. The molecular formula is C8H14ClSiZr-. The van der Waals surface area contributed by atoms with Crippen molar-refractivity contribution in [1.29, 1.82) is 0 Å². The number of rotatable bonds is 1. The van der Waals surface area contributed by atoms with Crippen molar-refractivity contribution in [3.63, 3.8) is 0 Å². The molecule has 0 unspecified atom stereocenters. The number of allylic oxidation sites excluding steroid dienone is 4. The Hall–Kier alpha value is 0.870. The average Bonchev–Trinajstić information content (AvgIpc) is 2.08. The van der Waals surface area contributed by atoms with Gasteiger partial charge in [-0.15, -0.1) is 18.8 Å². The van der Waals surface area contributed by atoms with E-state index in [0.29, 0.717) is 0 Å². The van der Waals surface area contributed by atoms with Gasteiger partial charge in [0, 0.05) is 26.2 Å². The molecule has 0 aromatic carbocycles. The average molecular weight is 265 g/mol. The number of hydrogen-bond acceptors (Lipinski definition) is 0. The number of halogens is 1. The summed E-state index contributed by atoms with van der Waals surface area (Å²) in [4.78, 5) is 0. The molecule has 11 heavy (non-hydrogen) atoms. The molecule has 0 radical (unpaired) electrons. The van der Waals surface area contributed by atoms with E-state index in [9.17, 15) is 0 Å². The first-order chi connectivity index (χ1) is 4.11. The normalized spacial score (nSPS) is 15.0. The van der Waals surface area contributed by atoms with Crippen molar-refractivity contribution in [3.8, 4) is 0 Å². The molecule has 0 aliphatic heterocycles. The Labute approximate surface area is 95.7 Å². The maximum atomic E-state index is 3.20. The molecule has 0 fully saturated rings. The van der Waals surface area contributed by atoms with Crippen molar-refractivity contribution < 1.29 is 26.2 Å². The third kappa shape index (κ3) is 4.45. The molecule has 0 heterocycles. The van der Waals surface area contributed by atoms with E-state index in [1.54, 1.807) is 5.20 Å². The summed E-state index contributed by atoms with van der Waals surface area (Å²) in [6, 6.07) is 0. The summed E-state index contributed by atoms with van der Waals surface area (Å²) in [5, 5.41) is 1.56. The largest absolute Gasteiger partial charge is 0.273 e. The van der Waals surface area contributed by atoms with Crippen molar-refractivity contribution in [2.45, 2.75) is 26.1 Å². The minimum absolute atomic E-state index is 0. The maximum Gasteiger partial charge on any atom is 0 e. The Kier molecular flexibility index (Phi) is 7.20. The van der Waals surface area contributed by atoms with Crippen molar-refractivity contribution in [3.05, 3.63) is 23.4 Å². The van der Waals surface area contributed by atoms with Crippen LogP contribution in [0, 0.1) is 6.08 Å². The first-order valence-corrected chi connectivity index (χ1v) is 6.88. The summed E-state index contributed by atoms with van der Waals surface area (Å²) in [6.45, 7) is 7.09. The maximum absolute atomic E-state index is 3.20. The summed E-state index contributed by atoms with van der Waals surface area (Å²) in [7, 11) is -0.981. The molecule has 0 atom stereocenters. The van der Waals surface area contributed by atoms with Gasteiger partial charge in [-0.2, -0.15) is 6.08 Å². The smallest absolute Gasteiger partial charge is 0 e. The van der Waals surface area contributed by atoms with Gasteiger partial charge in [-0.3, -0.25) is 6.08 Å². The molecule has 0 N–H and O–H groups in total. The van der Waals surface area contributed by atoms with Gasteiger partial charge in [-0.1, -0.05) is 19.6 Å². The topological polar surface area (TPSA) is 0 Å². The first-order valence-electron chi connectivity index (χ1n) is 3.38. The molecule has 0 aromatic heterocycles. The van der Waals surface area contributed by atoms with Crippen LogP contribution in [0.5, 0.6) is 0 Å². The molecule has 1 rings (SSSR count). The van der Waals surface area contributed by atoms with E-state index < -0.39 is 8.07 Å². The molecule has 62 valence electrons. The van der Waals surface area contributed by atoms with Crippen molar-refractivity contribution >= 4 is 20.5 Å².